The number of hydrogen-bond acceptors (Lipinski definition) is 3. The molecule has 0 aliphatic rings. The summed E-state index contributed by atoms with van der Waals surface area (Å²) >= 11 is 16.3. The van der Waals surface area contributed by atoms with Gasteiger partial charge in [-0.3, -0.25) is 10.1 Å². The van der Waals surface area contributed by atoms with Crippen molar-refractivity contribution in [2.45, 2.75) is 6.18 Å². The molecule has 2 rings (SSSR count). The average molecular weight is 394 g/mol. The van der Waals surface area contributed by atoms with Gasteiger partial charge < -0.3 is 5.32 Å². The lowest BCUT2D eigenvalue weighted by Crippen LogP contribution is -2.34. The number of thiocarbonyl (C=S) groups is 1. The number of hydrogen-bond donors (Lipinski definition) is 2. The van der Waals surface area contributed by atoms with Crippen LogP contribution in [0.2, 0.25) is 10.3 Å². The number of halogens is 5. The number of aromatic nitrogens is 1. The smallest absolute Gasteiger partial charge is 0.332 e. The summed E-state index contributed by atoms with van der Waals surface area (Å²) in [6, 6.07) is 6.95. The molecular weight excluding hydrogens is 386 g/mol. The third-order valence-electron chi connectivity index (χ3n) is 2.70. The fourth-order valence-corrected chi connectivity index (χ4v) is 2.38. The molecule has 0 aliphatic carbocycles. The Morgan fingerprint density at radius 3 is 2.33 bits per heavy atom. The maximum absolute atomic E-state index is 12.7. The maximum Gasteiger partial charge on any atom is 0.416 e. The van der Waals surface area contributed by atoms with Crippen LogP contribution in [-0.4, -0.2) is 16.0 Å². The van der Waals surface area contributed by atoms with Gasteiger partial charge in [-0.15, -0.1) is 0 Å². The Morgan fingerprint density at radius 1 is 1.12 bits per heavy atom. The molecule has 0 aliphatic heterocycles. The Bertz CT molecular complexity index is 779. The van der Waals surface area contributed by atoms with Crippen molar-refractivity contribution in [3.05, 3.63) is 57.8 Å². The summed E-state index contributed by atoms with van der Waals surface area (Å²) in [4.78, 5) is 15.7. The highest BCUT2D eigenvalue weighted by Crippen LogP contribution is 2.30. The van der Waals surface area contributed by atoms with Gasteiger partial charge in [0.15, 0.2) is 5.11 Å². The van der Waals surface area contributed by atoms with Crippen molar-refractivity contribution >= 4 is 52.1 Å². The van der Waals surface area contributed by atoms with E-state index in [1.54, 1.807) is 0 Å². The van der Waals surface area contributed by atoms with Crippen LogP contribution in [0.5, 0.6) is 0 Å². The molecule has 0 bridgehead atoms. The van der Waals surface area contributed by atoms with Crippen LogP contribution in [0.3, 0.4) is 0 Å². The lowest BCUT2D eigenvalue weighted by atomic mass is 10.2. The first-order valence-corrected chi connectivity index (χ1v) is 7.44. The van der Waals surface area contributed by atoms with Crippen LogP contribution >= 0.6 is 35.4 Å². The van der Waals surface area contributed by atoms with Crippen LogP contribution in [-0.2, 0) is 6.18 Å². The van der Waals surface area contributed by atoms with Crippen molar-refractivity contribution in [2.75, 3.05) is 5.32 Å². The molecule has 0 atom stereocenters. The number of nitrogens with zero attached hydrogens (tertiary/aromatic N) is 1. The van der Waals surface area contributed by atoms with E-state index in [1.165, 1.54) is 24.3 Å². The normalized spacial score (nSPS) is 11.0. The van der Waals surface area contributed by atoms with Crippen LogP contribution in [0.1, 0.15) is 15.9 Å². The third-order valence-corrected chi connectivity index (χ3v) is 3.29. The largest absolute Gasteiger partial charge is 0.416 e. The van der Waals surface area contributed by atoms with Gasteiger partial charge in [0, 0.05) is 11.3 Å². The molecule has 2 aromatic rings. The molecule has 0 spiro atoms. The zero-order chi connectivity index (χ0) is 17.9. The van der Waals surface area contributed by atoms with E-state index in [2.05, 4.69) is 15.6 Å². The minimum atomic E-state index is -4.48. The number of pyridine rings is 1. The number of carbonyl (C=O) groups excluding carboxylic acids is 1. The molecule has 1 amide bonds. The molecule has 4 nitrogen and oxygen atoms in total. The lowest BCUT2D eigenvalue weighted by molar-refractivity contribution is -0.137. The van der Waals surface area contributed by atoms with Gasteiger partial charge in [0.05, 0.1) is 5.56 Å². The van der Waals surface area contributed by atoms with Gasteiger partial charge in [-0.1, -0.05) is 29.3 Å². The number of carbonyl (C=O) groups is 1. The van der Waals surface area contributed by atoms with Crippen molar-refractivity contribution in [2.24, 2.45) is 0 Å². The van der Waals surface area contributed by atoms with Crippen molar-refractivity contribution in [3.63, 3.8) is 0 Å². The second-order valence-electron chi connectivity index (χ2n) is 4.49. The van der Waals surface area contributed by atoms with E-state index in [4.69, 9.17) is 35.4 Å². The summed E-state index contributed by atoms with van der Waals surface area (Å²) in [7, 11) is 0. The maximum atomic E-state index is 12.7. The summed E-state index contributed by atoms with van der Waals surface area (Å²) in [5.41, 5.74) is -0.650. The molecule has 0 unspecified atom stereocenters. The van der Waals surface area contributed by atoms with Crippen LogP contribution in [0.25, 0.3) is 0 Å². The van der Waals surface area contributed by atoms with E-state index in [1.807, 2.05) is 0 Å². The zero-order valence-electron chi connectivity index (χ0n) is 11.6. The van der Waals surface area contributed by atoms with Crippen molar-refractivity contribution in [1.29, 1.82) is 0 Å². The van der Waals surface area contributed by atoms with Gasteiger partial charge in [0.25, 0.3) is 5.91 Å². The van der Waals surface area contributed by atoms with E-state index in [0.29, 0.717) is 0 Å². The van der Waals surface area contributed by atoms with Crippen molar-refractivity contribution in [3.8, 4) is 0 Å². The zero-order valence-corrected chi connectivity index (χ0v) is 13.9. The van der Waals surface area contributed by atoms with Gasteiger partial charge in [-0.25, -0.2) is 4.98 Å². The van der Waals surface area contributed by atoms with Crippen LogP contribution < -0.4 is 10.6 Å². The van der Waals surface area contributed by atoms with Crippen LogP contribution in [0.4, 0.5) is 18.9 Å². The fraction of sp³-hybridized carbons (Fsp3) is 0.0714. The molecule has 1 aromatic heterocycles. The van der Waals surface area contributed by atoms with Gasteiger partial charge in [0.2, 0.25) is 0 Å². The lowest BCUT2D eigenvalue weighted by Gasteiger charge is -2.12. The van der Waals surface area contributed by atoms with Crippen molar-refractivity contribution in [1.82, 2.24) is 10.3 Å². The number of alkyl halides is 3. The number of amides is 1. The third kappa shape index (κ3) is 5.05. The van der Waals surface area contributed by atoms with Gasteiger partial charge in [-0.2, -0.15) is 13.2 Å². The Labute approximate surface area is 150 Å². The molecular formula is C14H8Cl2F3N3OS. The van der Waals surface area contributed by atoms with Crippen LogP contribution in [0, 0.1) is 0 Å². The van der Waals surface area contributed by atoms with E-state index in [9.17, 15) is 18.0 Å². The molecule has 0 radical (unpaired) electrons. The van der Waals surface area contributed by atoms with E-state index < -0.39 is 17.6 Å². The minimum Gasteiger partial charge on any atom is -0.332 e. The summed E-state index contributed by atoms with van der Waals surface area (Å²) < 4.78 is 38.0. The Morgan fingerprint density at radius 2 is 1.75 bits per heavy atom. The number of nitrogens with one attached hydrogen (secondary N) is 2. The molecule has 126 valence electrons. The van der Waals surface area contributed by atoms with Gasteiger partial charge in [-0.05, 0) is 42.5 Å². The topological polar surface area (TPSA) is 54.0 Å². The molecule has 10 heteroatoms. The summed E-state index contributed by atoms with van der Waals surface area (Å²) in [5.74, 6) is -0.634. The molecule has 0 saturated heterocycles. The first-order chi connectivity index (χ1) is 11.1. The monoisotopic (exact) mass is 393 g/mol. The van der Waals surface area contributed by atoms with E-state index in [0.717, 1.165) is 12.1 Å². The second-order valence-corrected chi connectivity index (χ2v) is 5.67. The standard InChI is InChI=1S/C14H8Cl2F3N3OS/c15-10-4-7(5-11(16)21-10)12(23)22-13(24)20-9-3-1-2-8(6-9)14(17,18)19/h1-6H,(H2,20,22,23,24). The molecule has 1 heterocycles. The Balaban J connectivity index is 2.07. The predicted molar refractivity (Wildman–Crippen MR) is 89.4 cm³/mol. The molecule has 0 saturated carbocycles. The first-order valence-electron chi connectivity index (χ1n) is 6.28. The number of benzene rings is 1. The highest BCUT2D eigenvalue weighted by molar-refractivity contribution is 7.80. The molecule has 1 aromatic carbocycles. The first kappa shape index (κ1) is 18.4. The van der Waals surface area contributed by atoms with E-state index >= 15 is 0 Å². The predicted octanol–water partition coefficient (Wildman–Crippen LogP) is 4.53. The minimum absolute atomic E-state index is 0.0180. The highest BCUT2D eigenvalue weighted by Gasteiger charge is 2.30. The molecule has 0 fully saturated rings. The van der Waals surface area contributed by atoms with E-state index in [-0.39, 0.29) is 26.7 Å². The number of rotatable bonds is 2. The van der Waals surface area contributed by atoms with Crippen LogP contribution in [0.15, 0.2) is 36.4 Å². The summed E-state index contributed by atoms with van der Waals surface area (Å²) in [6.07, 6.45) is -4.48. The second kappa shape index (κ2) is 7.33. The summed E-state index contributed by atoms with van der Waals surface area (Å²) in [6.45, 7) is 0. The quantitative estimate of drug-likeness (QED) is 0.581. The summed E-state index contributed by atoms with van der Waals surface area (Å²) in [5, 5.41) is 4.67. The Hall–Kier alpha value is -1.90. The molecule has 24 heavy (non-hydrogen) atoms. The molecule has 2 N–H and O–H groups in total. The SMILES string of the molecule is O=C(NC(=S)Nc1cccc(C(F)(F)F)c1)c1cc(Cl)nc(Cl)c1. The van der Waals surface area contributed by atoms with Gasteiger partial charge >= 0.3 is 6.18 Å². The highest BCUT2D eigenvalue weighted by atomic mass is 35.5. The fourth-order valence-electron chi connectivity index (χ4n) is 1.71. The van der Waals surface area contributed by atoms with Gasteiger partial charge in [0.1, 0.15) is 10.3 Å². The number of anilines is 1. The Kier molecular flexibility index (Phi) is 5.63. The van der Waals surface area contributed by atoms with Crippen molar-refractivity contribution < 1.29 is 18.0 Å². The average Bonchev–Trinajstić information content (AvgIpc) is 2.45.